The predicted molar refractivity (Wildman–Crippen MR) is 77.8 cm³/mol. The Morgan fingerprint density at radius 2 is 2.37 bits per heavy atom. The minimum Gasteiger partial charge on any atom is -0.375 e. The van der Waals surface area contributed by atoms with E-state index in [9.17, 15) is 4.79 Å². The molecule has 0 aliphatic carbocycles. The number of pyridine rings is 1. The van der Waals surface area contributed by atoms with Gasteiger partial charge in [0.05, 0.1) is 12.7 Å². The summed E-state index contributed by atoms with van der Waals surface area (Å²) < 4.78 is 5.43. The second-order valence-electron chi connectivity index (χ2n) is 4.09. The SMILES string of the molecule is C[C@H]1OCCN[C@@H]1C(=O)NCc1cccnc1.Cl.Cl. The van der Waals surface area contributed by atoms with Crippen LogP contribution >= 0.6 is 24.8 Å². The lowest BCUT2D eigenvalue weighted by Crippen LogP contribution is -2.55. The number of halogens is 2. The molecule has 0 radical (unpaired) electrons. The fraction of sp³-hybridized carbons (Fsp3) is 0.500. The van der Waals surface area contributed by atoms with Gasteiger partial charge in [0.2, 0.25) is 5.91 Å². The lowest BCUT2D eigenvalue weighted by atomic mass is 10.1. The van der Waals surface area contributed by atoms with Gasteiger partial charge in [0.15, 0.2) is 0 Å². The number of hydrogen-bond donors (Lipinski definition) is 2. The highest BCUT2D eigenvalue weighted by Crippen LogP contribution is 2.04. The zero-order valence-electron chi connectivity index (χ0n) is 10.7. The maximum absolute atomic E-state index is 11.9. The van der Waals surface area contributed by atoms with Gasteiger partial charge in [0.25, 0.3) is 0 Å². The highest BCUT2D eigenvalue weighted by molar-refractivity contribution is 5.85. The zero-order valence-corrected chi connectivity index (χ0v) is 12.3. The summed E-state index contributed by atoms with van der Waals surface area (Å²) in [6.07, 6.45) is 3.37. The lowest BCUT2D eigenvalue weighted by molar-refractivity contribution is -0.129. The van der Waals surface area contributed by atoms with Crippen molar-refractivity contribution in [3.8, 4) is 0 Å². The van der Waals surface area contributed by atoms with Crippen molar-refractivity contribution >= 4 is 30.7 Å². The second-order valence-corrected chi connectivity index (χ2v) is 4.09. The Balaban J connectivity index is 0.00000162. The van der Waals surface area contributed by atoms with Gasteiger partial charge in [0, 0.05) is 25.5 Å². The summed E-state index contributed by atoms with van der Waals surface area (Å²) in [4.78, 5) is 15.9. The topological polar surface area (TPSA) is 63.2 Å². The molecule has 1 amide bonds. The van der Waals surface area contributed by atoms with E-state index in [1.165, 1.54) is 0 Å². The molecule has 0 unspecified atom stereocenters. The number of carbonyl (C=O) groups excluding carboxylic acids is 1. The van der Waals surface area contributed by atoms with E-state index < -0.39 is 0 Å². The van der Waals surface area contributed by atoms with Crippen LogP contribution in [-0.2, 0) is 16.1 Å². The highest BCUT2D eigenvalue weighted by Gasteiger charge is 2.27. The van der Waals surface area contributed by atoms with Gasteiger partial charge in [-0.3, -0.25) is 9.78 Å². The highest BCUT2D eigenvalue weighted by atomic mass is 35.5. The van der Waals surface area contributed by atoms with Crippen molar-refractivity contribution in [2.45, 2.75) is 25.6 Å². The van der Waals surface area contributed by atoms with Crippen molar-refractivity contribution in [3.05, 3.63) is 30.1 Å². The fourth-order valence-electron chi connectivity index (χ4n) is 1.83. The third-order valence-electron chi connectivity index (χ3n) is 2.79. The van der Waals surface area contributed by atoms with E-state index in [0.29, 0.717) is 13.2 Å². The van der Waals surface area contributed by atoms with Gasteiger partial charge in [-0.05, 0) is 18.6 Å². The number of carbonyl (C=O) groups is 1. The normalized spacial score (nSPS) is 21.7. The first-order valence-corrected chi connectivity index (χ1v) is 5.79. The van der Waals surface area contributed by atoms with Gasteiger partial charge in [-0.1, -0.05) is 6.07 Å². The third-order valence-corrected chi connectivity index (χ3v) is 2.79. The molecular weight excluding hydrogens is 289 g/mol. The number of morpholine rings is 1. The van der Waals surface area contributed by atoms with E-state index in [0.717, 1.165) is 12.1 Å². The van der Waals surface area contributed by atoms with Gasteiger partial charge in [-0.15, -0.1) is 24.8 Å². The molecule has 2 atom stereocenters. The molecule has 19 heavy (non-hydrogen) atoms. The summed E-state index contributed by atoms with van der Waals surface area (Å²) in [7, 11) is 0. The van der Waals surface area contributed by atoms with Crippen molar-refractivity contribution in [1.29, 1.82) is 0 Å². The van der Waals surface area contributed by atoms with Crippen LogP contribution in [0.5, 0.6) is 0 Å². The molecule has 0 aromatic carbocycles. The van der Waals surface area contributed by atoms with E-state index in [1.807, 2.05) is 19.1 Å². The van der Waals surface area contributed by atoms with Gasteiger partial charge in [0.1, 0.15) is 6.04 Å². The Morgan fingerprint density at radius 1 is 1.58 bits per heavy atom. The predicted octanol–water partition coefficient (Wildman–Crippen LogP) is 0.918. The van der Waals surface area contributed by atoms with Crippen molar-refractivity contribution in [1.82, 2.24) is 15.6 Å². The minimum atomic E-state index is -0.263. The van der Waals surface area contributed by atoms with Crippen molar-refractivity contribution < 1.29 is 9.53 Å². The summed E-state index contributed by atoms with van der Waals surface area (Å²) in [5.41, 5.74) is 0.991. The van der Waals surface area contributed by atoms with Crippen molar-refractivity contribution in [2.75, 3.05) is 13.2 Å². The Labute approximate surface area is 125 Å². The molecule has 0 bridgehead atoms. The largest absolute Gasteiger partial charge is 0.375 e. The molecule has 0 spiro atoms. The number of nitrogens with one attached hydrogen (secondary N) is 2. The van der Waals surface area contributed by atoms with Crippen LogP contribution in [0.4, 0.5) is 0 Å². The minimum absolute atomic E-state index is 0. The molecular formula is C12H19Cl2N3O2. The van der Waals surface area contributed by atoms with Gasteiger partial charge in [-0.2, -0.15) is 0 Å². The van der Waals surface area contributed by atoms with E-state index in [4.69, 9.17) is 4.74 Å². The number of aromatic nitrogens is 1. The summed E-state index contributed by atoms with van der Waals surface area (Å²) in [5, 5.41) is 6.03. The van der Waals surface area contributed by atoms with E-state index in [1.54, 1.807) is 12.4 Å². The molecule has 1 fully saturated rings. The molecule has 108 valence electrons. The van der Waals surface area contributed by atoms with Crippen LogP contribution in [-0.4, -0.2) is 36.2 Å². The summed E-state index contributed by atoms with van der Waals surface area (Å²) in [6, 6.07) is 3.52. The van der Waals surface area contributed by atoms with Crippen LogP contribution in [0.25, 0.3) is 0 Å². The Bertz CT molecular complexity index is 378. The van der Waals surface area contributed by atoms with Crippen molar-refractivity contribution in [2.24, 2.45) is 0 Å². The quantitative estimate of drug-likeness (QED) is 0.871. The standard InChI is InChI=1S/C12H17N3O2.2ClH/c1-9-11(14-5-6-17-9)12(16)15-8-10-3-2-4-13-7-10;;/h2-4,7,9,11,14H,5-6,8H2,1H3,(H,15,16);2*1H/t9-,11+;;/m1../s1. The Hall–Kier alpha value is -0.880. The maximum atomic E-state index is 11.9. The molecule has 5 nitrogen and oxygen atoms in total. The number of nitrogens with zero attached hydrogens (tertiary/aromatic N) is 1. The van der Waals surface area contributed by atoms with Gasteiger partial charge in [-0.25, -0.2) is 0 Å². The molecule has 2 rings (SSSR count). The summed E-state index contributed by atoms with van der Waals surface area (Å²) in [5.74, 6) is -0.0268. The van der Waals surface area contributed by atoms with Crippen LogP contribution in [0.3, 0.4) is 0 Å². The van der Waals surface area contributed by atoms with Crippen LogP contribution in [0, 0.1) is 0 Å². The molecule has 1 aromatic rings. The van der Waals surface area contributed by atoms with Crippen LogP contribution in [0.15, 0.2) is 24.5 Å². The van der Waals surface area contributed by atoms with Crippen LogP contribution < -0.4 is 10.6 Å². The fourth-order valence-corrected chi connectivity index (χ4v) is 1.83. The van der Waals surface area contributed by atoms with E-state index in [-0.39, 0.29) is 42.9 Å². The average Bonchev–Trinajstić information content (AvgIpc) is 2.38. The van der Waals surface area contributed by atoms with Crippen molar-refractivity contribution in [3.63, 3.8) is 0 Å². The monoisotopic (exact) mass is 307 g/mol. The second kappa shape index (κ2) is 9.09. The molecule has 1 saturated heterocycles. The van der Waals surface area contributed by atoms with Crippen LogP contribution in [0.2, 0.25) is 0 Å². The smallest absolute Gasteiger partial charge is 0.240 e. The first kappa shape index (κ1) is 18.1. The third kappa shape index (κ3) is 5.32. The Morgan fingerprint density at radius 3 is 3.00 bits per heavy atom. The molecule has 1 aliphatic heterocycles. The van der Waals surface area contributed by atoms with E-state index in [2.05, 4.69) is 15.6 Å². The van der Waals surface area contributed by atoms with Gasteiger partial charge >= 0.3 is 0 Å². The molecule has 1 aromatic heterocycles. The first-order chi connectivity index (χ1) is 8.27. The average molecular weight is 308 g/mol. The molecule has 1 aliphatic rings. The molecule has 7 heteroatoms. The summed E-state index contributed by atoms with van der Waals surface area (Å²) >= 11 is 0. The summed E-state index contributed by atoms with van der Waals surface area (Å²) in [6.45, 7) is 3.78. The maximum Gasteiger partial charge on any atom is 0.240 e. The zero-order chi connectivity index (χ0) is 12.1. The lowest BCUT2D eigenvalue weighted by Gasteiger charge is -2.29. The van der Waals surface area contributed by atoms with E-state index >= 15 is 0 Å². The number of rotatable bonds is 3. The molecule has 2 N–H and O–H groups in total. The number of hydrogen-bond acceptors (Lipinski definition) is 4. The molecule has 2 heterocycles. The number of amides is 1. The van der Waals surface area contributed by atoms with Gasteiger partial charge < -0.3 is 15.4 Å². The Kier molecular flexibility index (Phi) is 8.67. The van der Waals surface area contributed by atoms with Crippen LogP contribution in [0.1, 0.15) is 12.5 Å². The molecule has 0 saturated carbocycles. The number of ether oxygens (including phenoxy) is 1. The first-order valence-electron chi connectivity index (χ1n) is 5.79.